The molecule has 0 aromatic heterocycles. The van der Waals surface area contributed by atoms with Crippen molar-refractivity contribution in [1.29, 1.82) is 0 Å². The number of rotatable bonds is 3. The number of hydrogen-bond acceptors (Lipinski definition) is 2. The third-order valence-electron chi connectivity index (χ3n) is 3.86. The summed E-state index contributed by atoms with van der Waals surface area (Å²) < 4.78 is 13.1. The van der Waals surface area contributed by atoms with E-state index in [9.17, 15) is 14.0 Å². The minimum absolute atomic E-state index is 0.225. The van der Waals surface area contributed by atoms with E-state index in [-0.39, 0.29) is 17.6 Å². The average molecular weight is 277 g/mol. The Morgan fingerprint density at radius 1 is 1.30 bits per heavy atom. The standard InChI is InChI=1S/C16H20FNO2/c1-10(2)8-16(3)9-13(19)18-15(20)14(16)11-4-6-12(17)7-5-11/h4-7,10,14H,8-9H2,1-3H3,(H,18,19,20). The number of piperidine rings is 1. The molecule has 2 atom stereocenters. The molecule has 1 heterocycles. The van der Waals surface area contributed by atoms with Crippen molar-refractivity contribution in [1.82, 2.24) is 5.32 Å². The van der Waals surface area contributed by atoms with Crippen molar-refractivity contribution in [3.8, 4) is 0 Å². The second-order valence-electron chi connectivity index (χ2n) is 6.33. The fourth-order valence-electron chi connectivity index (χ4n) is 3.37. The van der Waals surface area contributed by atoms with Gasteiger partial charge in [-0.3, -0.25) is 14.9 Å². The zero-order chi connectivity index (χ0) is 14.9. The Hall–Kier alpha value is -1.71. The van der Waals surface area contributed by atoms with E-state index in [1.807, 2.05) is 6.92 Å². The van der Waals surface area contributed by atoms with E-state index >= 15 is 0 Å². The van der Waals surface area contributed by atoms with Gasteiger partial charge in [0.05, 0.1) is 5.92 Å². The van der Waals surface area contributed by atoms with Crippen LogP contribution in [0.25, 0.3) is 0 Å². The summed E-state index contributed by atoms with van der Waals surface area (Å²) in [6.45, 7) is 6.12. The highest BCUT2D eigenvalue weighted by Crippen LogP contribution is 2.45. The van der Waals surface area contributed by atoms with Crippen LogP contribution in [0.5, 0.6) is 0 Å². The van der Waals surface area contributed by atoms with Crippen molar-refractivity contribution in [2.75, 3.05) is 0 Å². The molecule has 1 aliphatic rings. The molecule has 2 amide bonds. The second-order valence-corrected chi connectivity index (χ2v) is 6.33. The van der Waals surface area contributed by atoms with Crippen LogP contribution < -0.4 is 5.32 Å². The van der Waals surface area contributed by atoms with Crippen molar-refractivity contribution in [3.63, 3.8) is 0 Å². The molecule has 2 unspecified atom stereocenters. The van der Waals surface area contributed by atoms with Crippen molar-refractivity contribution < 1.29 is 14.0 Å². The first kappa shape index (κ1) is 14.7. The van der Waals surface area contributed by atoms with Gasteiger partial charge in [0.2, 0.25) is 11.8 Å². The van der Waals surface area contributed by atoms with Crippen molar-refractivity contribution in [2.24, 2.45) is 11.3 Å². The maximum atomic E-state index is 13.1. The summed E-state index contributed by atoms with van der Waals surface area (Å²) in [6.07, 6.45) is 1.09. The van der Waals surface area contributed by atoms with Crippen LogP contribution in [-0.4, -0.2) is 11.8 Å². The predicted molar refractivity (Wildman–Crippen MR) is 74.5 cm³/mol. The summed E-state index contributed by atoms with van der Waals surface area (Å²) in [4.78, 5) is 24.0. The summed E-state index contributed by atoms with van der Waals surface area (Å²) in [5, 5.41) is 2.40. The molecule has 1 N–H and O–H groups in total. The smallest absolute Gasteiger partial charge is 0.234 e. The van der Waals surface area contributed by atoms with E-state index in [4.69, 9.17) is 0 Å². The Labute approximate surface area is 118 Å². The van der Waals surface area contributed by atoms with Crippen LogP contribution in [-0.2, 0) is 9.59 Å². The van der Waals surface area contributed by atoms with Gasteiger partial charge in [-0.05, 0) is 35.4 Å². The van der Waals surface area contributed by atoms with E-state index in [0.717, 1.165) is 12.0 Å². The van der Waals surface area contributed by atoms with Crippen molar-refractivity contribution in [3.05, 3.63) is 35.6 Å². The van der Waals surface area contributed by atoms with Gasteiger partial charge in [-0.25, -0.2) is 4.39 Å². The first-order chi connectivity index (χ1) is 9.32. The molecule has 1 saturated heterocycles. The van der Waals surface area contributed by atoms with E-state index in [0.29, 0.717) is 12.3 Å². The zero-order valence-electron chi connectivity index (χ0n) is 12.1. The molecule has 1 fully saturated rings. The summed E-state index contributed by atoms with van der Waals surface area (Å²) in [5.74, 6) is -0.871. The molecule has 1 aromatic carbocycles. The Morgan fingerprint density at radius 3 is 2.45 bits per heavy atom. The van der Waals surface area contributed by atoms with Gasteiger partial charge in [-0.1, -0.05) is 32.9 Å². The number of amides is 2. The molecule has 0 aliphatic carbocycles. The summed E-state index contributed by atoms with van der Waals surface area (Å²) >= 11 is 0. The highest BCUT2D eigenvalue weighted by atomic mass is 19.1. The monoisotopic (exact) mass is 277 g/mol. The maximum Gasteiger partial charge on any atom is 0.234 e. The number of nitrogens with one attached hydrogen (secondary N) is 1. The van der Waals surface area contributed by atoms with Crippen LogP contribution in [0.2, 0.25) is 0 Å². The highest BCUT2D eigenvalue weighted by molar-refractivity contribution is 6.02. The second kappa shape index (κ2) is 5.35. The molecule has 4 heteroatoms. The number of benzene rings is 1. The predicted octanol–water partition coefficient (Wildman–Crippen LogP) is 3.01. The van der Waals surface area contributed by atoms with Crippen molar-refractivity contribution >= 4 is 11.8 Å². The molecule has 0 saturated carbocycles. The summed E-state index contributed by atoms with van der Waals surface area (Å²) in [6, 6.07) is 5.98. The molecular formula is C16H20FNO2. The molecule has 20 heavy (non-hydrogen) atoms. The van der Waals surface area contributed by atoms with E-state index in [2.05, 4.69) is 19.2 Å². The zero-order valence-corrected chi connectivity index (χ0v) is 12.1. The SMILES string of the molecule is CC(C)CC1(C)CC(=O)NC(=O)C1c1ccc(F)cc1. The molecule has 1 aromatic rings. The third kappa shape index (κ3) is 2.89. The summed E-state index contributed by atoms with van der Waals surface area (Å²) in [7, 11) is 0. The van der Waals surface area contributed by atoms with Crippen molar-refractivity contribution in [2.45, 2.75) is 39.5 Å². The lowest BCUT2D eigenvalue weighted by Gasteiger charge is -2.41. The summed E-state index contributed by atoms with van der Waals surface area (Å²) in [5.41, 5.74) is 0.338. The Bertz CT molecular complexity index is 524. The maximum absolute atomic E-state index is 13.1. The Balaban J connectivity index is 2.41. The number of carbonyl (C=O) groups is 2. The molecule has 1 aliphatic heterocycles. The molecular weight excluding hydrogens is 257 g/mol. The topological polar surface area (TPSA) is 46.2 Å². The molecule has 2 rings (SSSR count). The fourth-order valence-corrected chi connectivity index (χ4v) is 3.37. The number of hydrogen-bond donors (Lipinski definition) is 1. The van der Waals surface area contributed by atoms with Crippen LogP contribution in [0.15, 0.2) is 24.3 Å². The van der Waals surface area contributed by atoms with Gasteiger partial charge in [0.1, 0.15) is 5.82 Å². The molecule has 0 bridgehead atoms. The lowest BCUT2D eigenvalue weighted by molar-refractivity contribution is -0.140. The molecule has 0 spiro atoms. The van der Waals surface area contributed by atoms with Crippen LogP contribution in [0.3, 0.4) is 0 Å². The van der Waals surface area contributed by atoms with E-state index < -0.39 is 11.3 Å². The highest BCUT2D eigenvalue weighted by Gasteiger charge is 2.46. The van der Waals surface area contributed by atoms with Gasteiger partial charge in [-0.15, -0.1) is 0 Å². The Kier molecular flexibility index (Phi) is 3.93. The number of carbonyl (C=O) groups excluding carboxylic acids is 2. The molecule has 108 valence electrons. The van der Waals surface area contributed by atoms with Crippen LogP contribution >= 0.6 is 0 Å². The van der Waals surface area contributed by atoms with E-state index in [1.54, 1.807) is 12.1 Å². The van der Waals surface area contributed by atoms with Gasteiger partial charge in [0, 0.05) is 6.42 Å². The van der Waals surface area contributed by atoms with Gasteiger partial charge in [-0.2, -0.15) is 0 Å². The van der Waals surface area contributed by atoms with Gasteiger partial charge in [0.25, 0.3) is 0 Å². The fraction of sp³-hybridized carbons (Fsp3) is 0.500. The average Bonchev–Trinajstić information content (AvgIpc) is 2.28. The van der Waals surface area contributed by atoms with Crippen LogP contribution in [0, 0.1) is 17.2 Å². The Morgan fingerprint density at radius 2 is 1.90 bits per heavy atom. The molecule has 3 nitrogen and oxygen atoms in total. The first-order valence-corrected chi connectivity index (χ1v) is 6.91. The quantitative estimate of drug-likeness (QED) is 0.863. The first-order valence-electron chi connectivity index (χ1n) is 6.91. The van der Waals surface area contributed by atoms with E-state index in [1.165, 1.54) is 12.1 Å². The lowest BCUT2D eigenvalue weighted by atomic mass is 9.65. The largest absolute Gasteiger partial charge is 0.296 e. The minimum atomic E-state index is -0.425. The van der Waals surface area contributed by atoms with Gasteiger partial charge in [0.15, 0.2) is 0 Å². The number of imide groups is 1. The molecule has 0 radical (unpaired) electrons. The third-order valence-corrected chi connectivity index (χ3v) is 3.86. The van der Waals surface area contributed by atoms with Gasteiger partial charge < -0.3 is 0 Å². The minimum Gasteiger partial charge on any atom is -0.296 e. The van der Waals surface area contributed by atoms with Gasteiger partial charge >= 0.3 is 0 Å². The number of halogens is 1. The lowest BCUT2D eigenvalue weighted by Crippen LogP contribution is -2.50. The van der Waals surface area contributed by atoms with Crippen LogP contribution in [0.1, 0.15) is 45.1 Å². The normalized spacial score (nSPS) is 26.8. The van der Waals surface area contributed by atoms with Crippen LogP contribution in [0.4, 0.5) is 4.39 Å².